The van der Waals surface area contributed by atoms with Gasteiger partial charge in [-0.1, -0.05) is 0 Å². The standard InChI is InChI=1S/C13H26N2O2/c1-12(2,3)17-11(16)15-9-7-8-13(4,10-15)14(5)6/h7-10H2,1-6H3/t13-/m0/s1. The summed E-state index contributed by atoms with van der Waals surface area (Å²) in [4.78, 5) is 16.0. The van der Waals surface area contributed by atoms with E-state index in [0.717, 1.165) is 25.9 Å². The molecule has 0 N–H and O–H groups in total. The van der Waals surface area contributed by atoms with Crippen molar-refractivity contribution in [1.29, 1.82) is 0 Å². The number of ether oxygens (including phenoxy) is 1. The molecule has 0 aromatic rings. The molecule has 1 aliphatic heterocycles. The Balaban J connectivity index is 2.64. The lowest BCUT2D eigenvalue weighted by Gasteiger charge is -2.44. The van der Waals surface area contributed by atoms with E-state index in [1.54, 1.807) is 0 Å². The molecule has 1 saturated heterocycles. The number of piperidine rings is 1. The van der Waals surface area contributed by atoms with E-state index in [2.05, 4.69) is 25.9 Å². The highest BCUT2D eigenvalue weighted by atomic mass is 16.6. The van der Waals surface area contributed by atoms with E-state index < -0.39 is 5.60 Å². The minimum absolute atomic E-state index is 0.0646. The van der Waals surface area contributed by atoms with Crippen molar-refractivity contribution in [2.24, 2.45) is 0 Å². The maximum Gasteiger partial charge on any atom is 0.410 e. The average Bonchev–Trinajstić information content (AvgIpc) is 2.15. The number of likely N-dealkylation sites (tertiary alicyclic amines) is 1. The van der Waals surface area contributed by atoms with E-state index in [-0.39, 0.29) is 11.6 Å². The van der Waals surface area contributed by atoms with Crippen molar-refractivity contribution >= 4 is 6.09 Å². The van der Waals surface area contributed by atoms with Crippen molar-refractivity contribution in [3.05, 3.63) is 0 Å². The minimum atomic E-state index is -0.414. The molecule has 1 amide bonds. The molecule has 0 aromatic heterocycles. The summed E-state index contributed by atoms with van der Waals surface area (Å²) in [5.74, 6) is 0. The van der Waals surface area contributed by atoms with Gasteiger partial charge in [-0.3, -0.25) is 0 Å². The fourth-order valence-corrected chi connectivity index (χ4v) is 2.07. The Morgan fingerprint density at radius 2 is 1.94 bits per heavy atom. The number of nitrogens with zero attached hydrogens (tertiary/aromatic N) is 2. The molecule has 4 heteroatoms. The lowest BCUT2D eigenvalue weighted by atomic mass is 9.90. The van der Waals surface area contributed by atoms with Crippen LogP contribution in [0.15, 0.2) is 0 Å². The van der Waals surface area contributed by atoms with Crippen molar-refractivity contribution in [2.75, 3.05) is 27.2 Å². The fourth-order valence-electron chi connectivity index (χ4n) is 2.07. The monoisotopic (exact) mass is 242 g/mol. The van der Waals surface area contributed by atoms with Crippen LogP contribution in [0.25, 0.3) is 0 Å². The first kappa shape index (κ1) is 14.3. The van der Waals surface area contributed by atoms with Gasteiger partial charge in [-0.15, -0.1) is 0 Å². The van der Waals surface area contributed by atoms with Crippen molar-refractivity contribution in [3.8, 4) is 0 Å². The van der Waals surface area contributed by atoms with E-state index >= 15 is 0 Å². The Morgan fingerprint density at radius 1 is 1.35 bits per heavy atom. The van der Waals surface area contributed by atoms with Crippen LogP contribution in [-0.4, -0.2) is 54.2 Å². The van der Waals surface area contributed by atoms with Crippen LogP contribution in [-0.2, 0) is 4.74 Å². The van der Waals surface area contributed by atoms with Gasteiger partial charge in [-0.25, -0.2) is 4.79 Å². The van der Waals surface area contributed by atoms with Gasteiger partial charge in [0.25, 0.3) is 0 Å². The molecule has 0 bridgehead atoms. The number of carbonyl (C=O) groups excluding carboxylic acids is 1. The van der Waals surface area contributed by atoms with Gasteiger partial charge >= 0.3 is 6.09 Å². The second kappa shape index (κ2) is 4.84. The first-order chi connectivity index (χ1) is 7.64. The smallest absolute Gasteiger partial charge is 0.410 e. The zero-order chi connectivity index (χ0) is 13.3. The Hall–Kier alpha value is -0.770. The molecule has 4 nitrogen and oxygen atoms in total. The summed E-state index contributed by atoms with van der Waals surface area (Å²) < 4.78 is 5.42. The quantitative estimate of drug-likeness (QED) is 0.707. The molecule has 1 rings (SSSR count). The summed E-state index contributed by atoms with van der Waals surface area (Å²) in [6.07, 6.45) is 1.97. The Bertz CT molecular complexity index is 284. The van der Waals surface area contributed by atoms with Gasteiger partial charge in [0.2, 0.25) is 0 Å². The number of carbonyl (C=O) groups is 1. The molecule has 0 saturated carbocycles. The first-order valence-corrected chi connectivity index (χ1v) is 6.29. The number of likely N-dealkylation sites (N-methyl/N-ethyl adjacent to an activating group) is 1. The lowest BCUT2D eigenvalue weighted by molar-refractivity contribution is -0.000322. The number of hydrogen-bond donors (Lipinski definition) is 0. The topological polar surface area (TPSA) is 32.8 Å². The highest BCUT2D eigenvalue weighted by Crippen LogP contribution is 2.26. The third kappa shape index (κ3) is 3.87. The minimum Gasteiger partial charge on any atom is -0.444 e. The SMILES string of the molecule is CN(C)[C@@]1(C)CCCN(C(=O)OC(C)(C)C)C1. The zero-order valence-corrected chi connectivity index (χ0v) is 12.0. The summed E-state index contributed by atoms with van der Waals surface area (Å²) in [5, 5.41) is 0. The first-order valence-electron chi connectivity index (χ1n) is 6.29. The highest BCUT2D eigenvalue weighted by Gasteiger charge is 2.36. The largest absolute Gasteiger partial charge is 0.444 e. The fraction of sp³-hybridized carbons (Fsp3) is 0.923. The van der Waals surface area contributed by atoms with E-state index in [1.165, 1.54) is 0 Å². The summed E-state index contributed by atoms with van der Waals surface area (Å²) in [7, 11) is 4.14. The second-order valence-electron chi connectivity index (χ2n) is 6.40. The van der Waals surface area contributed by atoms with Gasteiger partial charge in [0, 0.05) is 18.6 Å². The van der Waals surface area contributed by atoms with Crippen LogP contribution in [0, 0.1) is 0 Å². The lowest BCUT2D eigenvalue weighted by Crippen LogP contribution is -2.56. The van der Waals surface area contributed by atoms with Crippen molar-refractivity contribution in [3.63, 3.8) is 0 Å². The molecule has 1 aliphatic rings. The van der Waals surface area contributed by atoms with Crippen LogP contribution >= 0.6 is 0 Å². The summed E-state index contributed by atoms with van der Waals surface area (Å²) in [6, 6.07) is 0. The third-order valence-corrected chi connectivity index (χ3v) is 3.41. The number of amides is 1. The molecule has 1 atom stereocenters. The molecule has 0 spiro atoms. The van der Waals surface area contributed by atoms with Crippen molar-refractivity contribution in [1.82, 2.24) is 9.80 Å². The zero-order valence-electron chi connectivity index (χ0n) is 12.0. The van der Waals surface area contributed by atoms with E-state index in [4.69, 9.17) is 4.74 Å². The molecule has 0 radical (unpaired) electrons. The van der Waals surface area contributed by atoms with Crippen molar-refractivity contribution in [2.45, 2.75) is 51.7 Å². The predicted molar refractivity (Wildman–Crippen MR) is 69.1 cm³/mol. The molecular weight excluding hydrogens is 216 g/mol. The van der Waals surface area contributed by atoms with Gasteiger partial charge in [0.15, 0.2) is 0 Å². The molecule has 17 heavy (non-hydrogen) atoms. The van der Waals surface area contributed by atoms with Gasteiger partial charge in [-0.2, -0.15) is 0 Å². The van der Waals surface area contributed by atoms with E-state index in [0.29, 0.717) is 0 Å². The van der Waals surface area contributed by atoms with Gasteiger partial charge in [0.05, 0.1) is 0 Å². The molecule has 0 unspecified atom stereocenters. The molecular formula is C13H26N2O2. The Labute approximate surface area is 105 Å². The molecule has 0 aromatic carbocycles. The Kier molecular flexibility index (Phi) is 4.07. The molecule has 100 valence electrons. The van der Waals surface area contributed by atoms with Gasteiger partial charge in [0.1, 0.15) is 5.60 Å². The van der Waals surface area contributed by atoms with Crippen molar-refractivity contribution < 1.29 is 9.53 Å². The van der Waals surface area contributed by atoms with Crippen LogP contribution in [0.3, 0.4) is 0 Å². The molecule has 1 heterocycles. The van der Waals surface area contributed by atoms with Crippen LogP contribution in [0.4, 0.5) is 4.79 Å². The Morgan fingerprint density at radius 3 is 2.41 bits per heavy atom. The highest BCUT2D eigenvalue weighted by molar-refractivity contribution is 5.68. The maximum absolute atomic E-state index is 12.0. The predicted octanol–water partition coefficient (Wildman–Crippen LogP) is 2.34. The maximum atomic E-state index is 12.0. The molecule has 1 fully saturated rings. The average molecular weight is 242 g/mol. The summed E-state index contributed by atoms with van der Waals surface area (Å²) in [6.45, 7) is 9.46. The summed E-state index contributed by atoms with van der Waals surface area (Å²) in [5.41, 5.74) is -0.349. The summed E-state index contributed by atoms with van der Waals surface area (Å²) >= 11 is 0. The second-order valence-corrected chi connectivity index (χ2v) is 6.40. The van der Waals surface area contributed by atoms with E-state index in [1.807, 2.05) is 25.7 Å². The number of rotatable bonds is 1. The van der Waals surface area contributed by atoms with Crippen LogP contribution in [0.1, 0.15) is 40.5 Å². The third-order valence-electron chi connectivity index (χ3n) is 3.41. The van der Waals surface area contributed by atoms with Gasteiger partial charge < -0.3 is 14.5 Å². The van der Waals surface area contributed by atoms with Gasteiger partial charge in [-0.05, 0) is 54.6 Å². The van der Waals surface area contributed by atoms with E-state index in [9.17, 15) is 4.79 Å². The molecule has 0 aliphatic carbocycles. The van der Waals surface area contributed by atoms with Crippen LogP contribution in [0.5, 0.6) is 0 Å². The normalized spacial score (nSPS) is 26.2. The van der Waals surface area contributed by atoms with Crippen LogP contribution in [0.2, 0.25) is 0 Å². The number of hydrogen-bond acceptors (Lipinski definition) is 3. The van der Waals surface area contributed by atoms with Crippen LogP contribution < -0.4 is 0 Å².